The van der Waals surface area contributed by atoms with Gasteiger partial charge in [0.05, 0.1) is 12.0 Å². The van der Waals surface area contributed by atoms with Crippen LogP contribution in [0.15, 0.2) is 24.3 Å². The van der Waals surface area contributed by atoms with Gasteiger partial charge in [0, 0.05) is 5.02 Å². The molecule has 1 aromatic carbocycles. The van der Waals surface area contributed by atoms with Crippen molar-refractivity contribution >= 4 is 29.4 Å². The Bertz CT molecular complexity index is 854. The minimum Gasteiger partial charge on any atom is -0.481 e. The van der Waals surface area contributed by atoms with Gasteiger partial charge < -0.3 is 20.9 Å². The number of hydrogen-bond acceptors (Lipinski definition) is 5. The lowest BCUT2D eigenvalue weighted by Crippen LogP contribution is -2.66. The molecule has 0 spiro atoms. The lowest BCUT2D eigenvalue weighted by Gasteiger charge is -2.39. The van der Waals surface area contributed by atoms with Gasteiger partial charge in [0.2, 0.25) is 0 Å². The van der Waals surface area contributed by atoms with Crippen molar-refractivity contribution in [3.63, 3.8) is 0 Å². The molecule has 0 saturated heterocycles. The Morgan fingerprint density at radius 2 is 1.62 bits per heavy atom. The molecule has 0 aromatic heterocycles. The molecule has 0 heterocycles. The van der Waals surface area contributed by atoms with E-state index in [4.69, 9.17) is 22.1 Å². The average molecular weight is 465 g/mol. The molecule has 1 aromatic rings. The Hall–Kier alpha value is -2.12. The number of carbonyl (C=O) groups excluding carboxylic acids is 2. The van der Waals surface area contributed by atoms with Crippen LogP contribution in [-0.4, -0.2) is 34.1 Å². The molecular formula is C24H33ClN2O5. The first-order valence-corrected chi connectivity index (χ1v) is 11.6. The standard InChI is InChI=1S/C24H33ClN2O5/c1-23(2,3)32-22(31)24(26,17-10-6-16(7-11-17)20(28)29)21(30)27-19(14-4-5-14)15-8-12-18(25)13-9-15/h8-9,12-14,16-17,19H,4-7,10-11,26H2,1-3H3,(H,27,30)(H,28,29)/t16-,17-,19?,24?. The van der Waals surface area contributed by atoms with E-state index < -0.39 is 40.8 Å². The number of esters is 1. The van der Waals surface area contributed by atoms with Gasteiger partial charge in [0.1, 0.15) is 5.60 Å². The Morgan fingerprint density at radius 1 is 1.06 bits per heavy atom. The van der Waals surface area contributed by atoms with Gasteiger partial charge in [0.25, 0.3) is 5.91 Å². The molecule has 3 rings (SSSR count). The molecule has 1 amide bonds. The molecule has 2 unspecified atom stereocenters. The normalized spacial score (nSPS) is 24.2. The number of aliphatic carboxylic acids is 1. The van der Waals surface area contributed by atoms with Crippen LogP contribution in [0.5, 0.6) is 0 Å². The van der Waals surface area contributed by atoms with E-state index in [1.54, 1.807) is 32.9 Å². The second kappa shape index (κ2) is 9.40. The van der Waals surface area contributed by atoms with Crippen LogP contribution in [0, 0.1) is 17.8 Å². The molecule has 8 heteroatoms. The van der Waals surface area contributed by atoms with Crippen molar-refractivity contribution in [2.24, 2.45) is 23.5 Å². The molecule has 2 atom stereocenters. The summed E-state index contributed by atoms with van der Waals surface area (Å²) in [5, 5.41) is 13.0. The number of carbonyl (C=O) groups is 3. The monoisotopic (exact) mass is 464 g/mol. The third-order valence-electron chi connectivity index (χ3n) is 6.44. The second-order valence-corrected chi connectivity index (χ2v) is 10.5. The fourth-order valence-corrected chi connectivity index (χ4v) is 4.56. The van der Waals surface area contributed by atoms with Crippen molar-refractivity contribution in [3.8, 4) is 0 Å². The highest BCUT2D eigenvalue weighted by Gasteiger charge is 2.53. The Morgan fingerprint density at radius 3 is 2.09 bits per heavy atom. The third kappa shape index (κ3) is 5.62. The van der Waals surface area contributed by atoms with Gasteiger partial charge in [-0.2, -0.15) is 0 Å². The number of hydrogen-bond donors (Lipinski definition) is 3. The summed E-state index contributed by atoms with van der Waals surface area (Å²) in [6.07, 6.45) is 3.43. The SMILES string of the molecule is CC(C)(C)OC(=O)C(N)(C(=O)NC(c1ccc(Cl)cc1)C1CC1)[C@H]1CC[C@H](C(=O)O)CC1. The van der Waals surface area contributed by atoms with Gasteiger partial charge in [-0.15, -0.1) is 0 Å². The summed E-state index contributed by atoms with van der Waals surface area (Å²) >= 11 is 6.02. The number of amides is 1. The molecule has 0 radical (unpaired) electrons. The van der Waals surface area contributed by atoms with Crippen molar-refractivity contribution in [1.82, 2.24) is 5.32 Å². The summed E-state index contributed by atoms with van der Waals surface area (Å²) in [7, 11) is 0. The second-order valence-electron chi connectivity index (χ2n) is 10.1. The fraction of sp³-hybridized carbons (Fsp3) is 0.625. The van der Waals surface area contributed by atoms with Crippen molar-refractivity contribution in [1.29, 1.82) is 0 Å². The molecule has 176 valence electrons. The number of ether oxygens (including phenoxy) is 1. The van der Waals surface area contributed by atoms with Gasteiger partial charge in [-0.1, -0.05) is 23.7 Å². The lowest BCUT2D eigenvalue weighted by atomic mass is 9.71. The van der Waals surface area contributed by atoms with Crippen LogP contribution in [0.3, 0.4) is 0 Å². The predicted octanol–water partition coefficient (Wildman–Crippen LogP) is 3.84. The molecule has 32 heavy (non-hydrogen) atoms. The minimum atomic E-state index is -1.89. The van der Waals surface area contributed by atoms with E-state index in [2.05, 4.69) is 5.32 Å². The van der Waals surface area contributed by atoms with Crippen molar-refractivity contribution < 1.29 is 24.2 Å². The molecule has 2 saturated carbocycles. The van der Waals surface area contributed by atoms with Crippen LogP contribution < -0.4 is 11.1 Å². The van der Waals surface area contributed by atoms with Gasteiger partial charge in [0.15, 0.2) is 5.54 Å². The number of halogens is 1. The third-order valence-corrected chi connectivity index (χ3v) is 6.69. The van der Waals surface area contributed by atoms with E-state index in [0.717, 1.165) is 18.4 Å². The maximum absolute atomic E-state index is 13.6. The van der Waals surface area contributed by atoms with E-state index in [1.165, 1.54) is 0 Å². The van der Waals surface area contributed by atoms with E-state index in [0.29, 0.717) is 30.7 Å². The van der Waals surface area contributed by atoms with Crippen LogP contribution in [0.1, 0.15) is 70.9 Å². The summed E-state index contributed by atoms with van der Waals surface area (Å²) in [5.74, 6) is -2.91. The molecule has 4 N–H and O–H groups in total. The molecule has 2 fully saturated rings. The van der Waals surface area contributed by atoms with E-state index in [9.17, 15) is 19.5 Å². The number of carboxylic acid groups (broad SMARTS) is 1. The average Bonchev–Trinajstić information content (AvgIpc) is 3.56. The number of carboxylic acids is 1. The Balaban J connectivity index is 1.86. The van der Waals surface area contributed by atoms with Crippen molar-refractivity contribution in [2.75, 3.05) is 0 Å². The summed E-state index contributed by atoms with van der Waals surface area (Å²) in [6, 6.07) is 7.01. The minimum absolute atomic E-state index is 0.269. The lowest BCUT2D eigenvalue weighted by molar-refractivity contribution is -0.168. The molecule has 0 bridgehead atoms. The van der Waals surface area contributed by atoms with Crippen LogP contribution in [0.25, 0.3) is 0 Å². The van der Waals surface area contributed by atoms with Crippen molar-refractivity contribution in [3.05, 3.63) is 34.9 Å². The zero-order valence-corrected chi connectivity index (χ0v) is 19.7. The first kappa shape index (κ1) is 24.5. The largest absolute Gasteiger partial charge is 0.481 e. The van der Waals surface area contributed by atoms with Crippen LogP contribution in [0.4, 0.5) is 0 Å². The molecular weight excluding hydrogens is 432 g/mol. The highest BCUT2D eigenvalue weighted by molar-refractivity contribution is 6.30. The predicted molar refractivity (Wildman–Crippen MR) is 121 cm³/mol. The summed E-state index contributed by atoms with van der Waals surface area (Å²) < 4.78 is 5.57. The van der Waals surface area contributed by atoms with Gasteiger partial charge in [-0.05, 0) is 88.8 Å². The number of nitrogens with one attached hydrogen (secondary N) is 1. The Kier molecular flexibility index (Phi) is 7.20. The summed E-state index contributed by atoms with van der Waals surface area (Å²) in [5.41, 5.74) is 4.81. The maximum Gasteiger partial charge on any atom is 0.336 e. The van der Waals surface area contributed by atoms with E-state index in [1.807, 2.05) is 12.1 Å². The summed E-state index contributed by atoms with van der Waals surface area (Å²) in [4.78, 5) is 38.2. The smallest absolute Gasteiger partial charge is 0.336 e. The number of benzene rings is 1. The highest BCUT2D eigenvalue weighted by atomic mass is 35.5. The first-order valence-electron chi connectivity index (χ1n) is 11.2. The Labute approximate surface area is 194 Å². The zero-order chi connectivity index (χ0) is 23.7. The number of nitrogens with two attached hydrogens (primary N) is 1. The summed E-state index contributed by atoms with van der Waals surface area (Å²) in [6.45, 7) is 5.18. The molecule has 2 aliphatic carbocycles. The van der Waals surface area contributed by atoms with Gasteiger partial charge >= 0.3 is 11.9 Å². The highest BCUT2D eigenvalue weighted by Crippen LogP contribution is 2.42. The van der Waals surface area contributed by atoms with E-state index >= 15 is 0 Å². The topological polar surface area (TPSA) is 119 Å². The molecule has 7 nitrogen and oxygen atoms in total. The fourth-order valence-electron chi connectivity index (χ4n) is 4.44. The molecule has 0 aliphatic heterocycles. The number of rotatable bonds is 7. The first-order chi connectivity index (χ1) is 14.9. The van der Waals surface area contributed by atoms with Gasteiger partial charge in [-0.3, -0.25) is 9.59 Å². The van der Waals surface area contributed by atoms with Crippen molar-refractivity contribution in [2.45, 2.75) is 76.5 Å². The zero-order valence-electron chi connectivity index (χ0n) is 18.9. The van der Waals surface area contributed by atoms with Gasteiger partial charge in [-0.25, -0.2) is 4.79 Å². The van der Waals surface area contributed by atoms with Crippen LogP contribution >= 0.6 is 11.6 Å². The molecule has 2 aliphatic rings. The quantitative estimate of drug-likeness (QED) is 0.416. The van der Waals surface area contributed by atoms with Crippen LogP contribution in [-0.2, 0) is 19.1 Å². The van der Waals surface area contributed by atoms with Crippen LogP contribution in [0.2, 0.25) is 5.02 Å². The maximum atomic E-state index is 13.6. The van der Waals surface area contributed by atoms with E-state index in [-0.39, 0.29) is 12.0 Å².